The molecular formula is C18H15ClIN3O. The van der Waals surface area contributed by atoms with Crippen LogP contribution in [-0.4, -0.2) is 15.7 Å². The third-order valence-corrected chi connectivity index (χ3v) is 5.32. The van der Waals surface area contributed by atoms with E-state index in [-0.39, 0.29) is 5.91 Å². The van der Waals surface area contributed by atoms with Crippen LogP contribution in [0.5, 0.6) is 0 Å². The van der Waals surface area contributed by atoms with Gasteiger partial charge in [-0.3, -0.25) is 4.79 Å². The molecule has 122 valence electrons. The molecule has 0 spiro atoms. The maximum atomic E-state index is 12.6. The molecule has 0 aliphatic rings. The molecule has 0 unspecified atom stereocenters. The van der Waals surface area contributed by atoms with Crippen LogP contribution in [0.2, 0.25) is 5.02 Å². The fraction of sp³-hybridized carbons (Fsp3) is 0.111. The van der Waals surface area contributed by atoms with Crippen LogP contribution in [-0.2, 0) is 6.54 Å². The number of carbonyl (C=O) groups excluding carboxylic acids is 1. The topological polar surface area (TPSA) is 46.9 Å². The third-order valence-electron chi connectivity index (χ3n) is 3.64. The van der Waals surface area contributed by atoms with Gasteiger partial charge in [-0.25, -0.2) is 4.68 Å². The highest BCUT2D eigenvalue weighted by Crippen LogP contribution is 2.19. The van der Waals surface area contributed by atoms with Crippen molar-refractivity contribution in [1.29, 1.82) is 0 Å². The first-order valence-corrected chi connectivity index (χ1v) is 8.83. The van der Waals surface area contributed by atoms with E-state index in [2.05, 4.69) is 33.0 Å². The van der Waals surface area contributed by atoms with E-state index in [1.807, 2.05) is 49.4 Å². The second-order valence-corrected chi connectivity index (χ2v) is 6.91. The first kappa shape index (κ1) is 17.0. The Labute approximate surface area is 159 Å². The highest BCUT2D eigenvalue weighted by Gasteiger charge is 2.13. The molecule has 2 aromatic carbocycles. The number of aromatic nitrogens is 2. The Morgan fingerprint density at radius 2 is 1.96 bits per heavy atom. The third kappa shape index (κ3) is 3.79. The van der Waals surface area contributed by atoms with Crippen molar-refractivity contribution in [3.63, 3.8) is 0 Å². The molecule has 3 aromatic rings. The van der Waals surface area contributed by atoms with Crippen LogP contribution in [0.1, 0.15) is 21.5 Å². The number of nitrogens with one attached hydrogen (secondary N) is 1. The van der Waals surface area contributed by atoms with Crippen LogP contribution in [0.15, 0.2) is 54.7 Å². The van der Waals surface area contributed by atoms with Gasteiger partial charge in [0, 0.05) is 14.7 Å². The summed E-state index contributed by atoms with van der Waals surface area (Å²) < 4.78 is 2.71. The molecule has 4 nitrogen and oxygen atoms in total. The minimum Gasteiger partial charge on any atom is -0.307 e. The molecule has 1 aromatic heterocycles. The van der Waals surface area contributed by atoms with Gasteiger partial charge in [-0.15, -0.1) is 0 Å². The van der Waals surface area contributed by atoms with Crippen LogP contribution < -0.4 is 5.32 Å². The molecule has 3 rings (SSSR count). The minimum atomic E-state index is -0.138. The summed E-state index contributed by atoms with van der Waals surface area (Å²) in [4.78, 5) is 12.6. The van der Waals surface area contributed by atoms with Gasteiger partial charge in [-0.1, -0.05) is 35.9 Å². The van der Waals surface area contributed by atoms with Crippen molar-refractivity contribution < 1.29 is 4.79 Å². The van der Waals surface area contributed by atoms with Crippen molar-refractivity contribution in [2.45, 2.75) is 13.5 Å². The van der Waals surface area contributed by atoms with Crippen LogP contribution in [0.3, 0.4) is 0 Å². The highest BCUT2D eigenvalue weighted by molar-refractivity contribution is 14.1. The van der Waals surface area contributed by atoms with Crippen LogP contribution in [0, 0.1) is 10.5 Å². The van der Waals surface area contributed by atoms with Crippen molar-refractivity contribution in [3.05, 3.63) is 80.0 Å². The summed E-state index contributed by atoms with van der Waals surface area (Å²) in [6.45, 7) is 2.55. The molecule has 0 atom stereocenters. The van der Waals surface area contributed by atoms with Crippen LogP contribution in [0.25, 0.3) is 0 Å². The summed E-state index contributed by atoms with van der Waals surface area (Å²) in [7, 11) is 0. The van der Waals surface area contributed by atoms with Crippen molar-refractivity contribution in [1.82, 2.24) is 9.78 Å². The predicted octanol–water partition coefficient (Wildman–Crippen LogP) is 4.75. The number of aryl methyl sites for hydroxylation is 1. The summed E-state index contributed by atoms with van der Waals surface area (Å²) in [6.07, 6.45) is 1.67. The van der Waals surface area contributed by atoms with Gasteiger partial charge in [0.05, 0.1) is 18.3 Å². The van der Waals surface area contributed by atoms with E-state index >= 15 is 0 Å². The van der Waals surface area contributed by atoms with Gasteiger partial charge < -0.3 is 5.32 Å². The molecule has 0 radical (unpaired) electrons. The van der Waals surface area contributed by atoms with E-state index in [0.717, 1.165) is 14.7 Å². The zero-order chi connectivity index (χ0) is 17.1. The van der Waals surface area contributed by atoms with Gasteiger partial charge in [-0.05, 0) is 58.8 Å². The lowest BCUT2D eigenvalue weighted by molar-refractivity contribution is 0.102. The maximum Gasteiger partial charge on any atom is 0.257 e. The van der Waals surface area contributed by atoms with Crippen molar-refractivity contribution >= 4 is 45.9 Å². The lowest BCUT2D eigenvalue weighted by atomic mass is 10.1. The van der Waals surface area contributed by atoms with Gasteiger partial charge in [0.25, 0.3) is 5.91 Å². The number of amides is 1. The predicted molar refractivity (Wildman–Crippen MR) is 105 cm³/mol. The summed E-state index contributed by atoms with van der Waals surface area (Å²) in [6, 6.07) is 15.1. The summed E-state index contributed by atoms with van der Waals surface area (Å²) in [5.74, 6) is 0.521. The van der Waals surface area contributed by atoms with Gasteiger partial charge in [-0.2, -0.15) is 5.10 Å². The number of hydrogen-bond acceptors (Lipinski definition) is 2. The normalized spacial score (nSPS) is 10.6. The Balaban J connectivity index is 1.79. The van der Waals surface area contributed by atoms with Crippen molar-refractivity contribution in [2.75, 3.05) is 5.32 Å². The Hall–Kier alpha value is -1.86. The number of hydrogen-bond donors (Lipinski definition) is 1. The first-order valence-electron chi connectivity index (χ1n) is 7.37. The Bertz CT molecular complexity index is 874. The fourth-order valence-corrected chi connectivity index (χ4v) is 3.06. The first-order chi connectivity index (χ1) is 11.5. The standard InChI is InChI=1S/C18H15ClIN3O/c1-12-3-2-4-15(17(12)20)18(24)22-16-9-10-21-23(16)11-13-5-7-14(19)8-6-13/h2-10H,11H2,1H3,(H,22,24). The van der Waals surface area contributed by atoms with Crippen molar-refractivity contribution in [3.8, 4) is 0 Å². The molecule has 0 aliphatic heterocycles. The average molecular weight is 452 g/mol. The second-order valence-electron chi connectivity index (χ2n) is 5.39. The number of nitrogens with zero attached hydrogens (tertiary/aromatic N) is 2. The maximum absolute atomic E-state index is 12.6. The van der Waals surface area contributed by atoms with Crippen LogP contribution >= 0.6 is 34.2 Å². The average Bonchev–Trinajstić information content (AvgIpc) is 2.99. The van der Waals surface area contributed by atoms with Crippen molar-refractivity contribution in [2.24, 2.45) is 0 Å². The lowest BCUT2D eigenvalue weighted by Crippen LogP contribution is -2.17. The molecule has 1 heterocycles. The van der Waals surface area contributed by atoms with E-state index in [1.165, 1.54) is 0 Å². The fourth-order valence-electron chi connectivity index (χ4n) is 2.33. The largest absolute Gasteiger partial charge is 0.307 e. The monoisotopic (exact) mass is 451 g/mol. The number of rotatable bonds is 4. The molecule has 0 saturated heterocycles. The van der Waals surface area contributed by atoms with E-state index in [9.17, 15) is 4.79 Å². The zero-order valence-corrected chi connectivity index (χ0v) is 15.9. The molecule has 24 heavy (non-hydrogen) atoms. The molecule has 0 aliphatic carbocycles. The summed E-state index contributed by atoms with van der Waals surface area (Å²) in [5.41, 5.74) is 2.80. The Kier molecular flexibility index (Phi) is 5.20. The SMILES string of the molecule is Cc1cccc(C(=O)Nc2ccnn2Cc2ccc(Cl)cc2)c1I. The highest BCUT2D eigenvalue weighted by atomic mass is 127. The van der Waals surface area contributed by atoms with Gasteiger partial charge in [0.2, 0.25) is 0 Å². The smallest absolute Gasteiger partial charge is 0.257 e. The molecule has 0 bridgehead atoms. The van der Waals surface area contributed by atoms with Gasteiger partial charge >= 0.3 is 0 Å². The molecule has 1 N–H and O–H groups in total. The quantitative estimate of drug-likeness (QED) is 0.582. The molecule has 0 fully saturated rings. The van der Waals surface area contributed by atoms with Crippen LogP contribution in [0.4, 0.5) is 5.82 Å². The summed E-state index contributed by atoms with van der Waals surface area (Å²) in [5, 5.41) is 7.92. The number of halogens is 2. The summed E-state index contributed by atoms with van der Waals surface area (Å²) >= 11 is 8.10. The minimum absolute atomic E-state index is 0.138. The lowest BCUT2D eigenvalue weighted by Gasteiger charge is -2.11. The van der Waals surface area contributed by atoms with E-state index in [0.29, 0.717) is 22.9 Å². The van der Waals surface area contributed by atoms with Gasteiger partial charge in [0.15, 0.2) is 0 Å². The number of benzene rings is 2. The van der Waals surface area contributed by atoms with E-state index in [1.54, 1.807) is 16.9 Å². The second kappa shape index (κ2) is 7.36. The Morgan fingerprint density at radius 1 is 1.21 bits per heavy atom. The number of anilines is 1. The molecular weight excluding hydrogens is 437 g/mol. The number of carbonyl (C=O) groups is 1. The van der Waals surface area contributed by atoms with E-state index < -0.39 is 0 Å². The van der Waals surface area contributed by atoms with Gasteiger partial charge in [0.1, 0.15) is 5.82 Å². The zero-order valence-electron chi connectivity index (χ0n) is 13.0. The molecule has 1 amide bonds. The van der Waals surface area contributed by atoms with E-state index in [4.69, 9.17) is 11.6 Å². The Morgan fingerprint density at radius 3 is 2.71 bits per heavy atom. The molecule has 0 saturated carbocycles. The molecule has 6 heteroatoms.